The first-order valence-corrected chi connectivity index (χ1v) is 20.4. The van der Waals surface area contributed by atoms with Gasteiger partial charge in [0, 0.05) is 0 Å². The third-order valence-electron chi connectivity index (χ3n) is 4.69. The van der Waals surface area contributed by atoms with E-state index in [1.165, 1.54) is 14.9 Å². The normalized spacial score (nSPS) is 27.3. The van der Waals surface area contributed by atoms with E-state index in [0.717, 1.165) is 0 Å². The van der Waals surface area contributed by atoms with Crippen molar-refractivity contribution in [2.24, 2.45) is 0 Å². The summed E-state index contributed by atoms with van der Waals surface area (Å²) in [7, 11) is -6.13. The predicted molar refractivity (Wildman–Crippen MR) is 120 cm³/mol. The van der Waals surface area contributed by atoms with Crippen LogP contribution in [0.4, 0.5) is 0 Å². The third-order valence-corrected chi connectivity index (χ3v) is 8.40. The summed E-state index contributed by atoms with van der Waals surface area (Å²) >= 11 is 0. The Labute approximate surface area is 175 Å². The molecule has 29 heavy (non-hydrogen) atoms. The van der Waals surface area contributed by atoms with Crippen LogP contribution in [-0.2, 0) is 13.6 Å². The second kappa shape index (κ2) is 7.31. The molecule has 0 amide bonds. The number of hydrogen-bond donors (Lipinski definition) is 0. The van der Waals surface area contributed by atoms with Crippen molar-refractivity contribution in [2.75, 3.05) is 6.61 Å². The Morgan fingerprint density at radius 3 is 2.00 bits per heavy atom. The van der Waals surface area contributed by atoms with Crippen molar-refractivity contribution >= 4 is 24.9 Å². The van der Waals surface area contributed by atoms with Crippen LogP contribution in [0.1, 0.15) is 6.23 Å². The van der Waals surface area contributed by atoms with Crippen LogP contribution in [0.25, 0.3) is 0 Å². The highest BCUT2D eigenvalue weighted by Gasteiger charge is 2.52. The monoisotopic (exact) mass is 458 g/mol. The molecule has 1 aromatic heterocycles. The van der Waals surface area contributed by atoms with Crippen molar-refractivity contribution in [3.8, 4) is 5.88 Å². The van der Waals surface area contributed by atoms with Crippen molar-refractivity contribution in [2.45, 2.75) is 83.5 Å². The van der Waals surface area contributed by atoms with E-state index in [9.17, 15) is 9.59 Å². The lowest BCUT2D eigenvalue weighted by atomic mass is 10.1. The molecular formula is C18H34N2O6Si3. The van der Waals surface area contributed by atoms with Crippen molar-refractivity contribution in [3.63, 3.8) is 0 Å². The van der Waals surface area contributed by atoms with E-state index in [1.54, 1.807) is 0 Å². The summed E-state index contributed by atoms with van der Waals surface area (Å²) in [6, 6.07) is 1.41. The Kier molecular flexibility index (Phi) is 5.72. The summed E-state index contributed by atoms with van der Waals surface area (Å²) in [4.78, 5) is 26.1. The molecule has 0 saturated carbocycles. The highest BCUT2D eigenvalue weighted by Crippen LogP contribution is 2.39. The molecule has 1 fully saturated rings. The Morgan fingerprint density at radius 1 is 0.931 bits per heavy atom. The summed E-state index contributed by atoms with van der Waals surface area (Å²) < 4.78 is 28.0. The summed E-state index contributed by atoms with van der Waals surface area (Å²) in [6.07, 6.45) is -1.78. The van der Waals surface area contributed by atoms with E-state index in [0.29, 0.717) is 0 Å². The summed E-state index contributed by atoms with van der Waals surface area (Å²) in [6.45, 7) is 18.8. The molecule has 4 atom stereocenters. The van der Waals surface area contributed by atoms with E-state index in [2.05, 4.69) is 39.3 Å². The fraction of sp³-hybridized carbons (Fsp3) is 0.778. The van der Waals surface area contributed by atoms with E-state index in [1.807, 2.05) is 19.6 Å². The van der Waals surface area contributed by atoms with Crippen molar-refractivity contribution in [3.05, 3.63) is 26.9 Å². The molecule has 11 heteroatoms. The van der Waals surface area contributed by atoms with Crippen LogP contribution >= 0.6 is 0 Å². The SMILES string of the molecule is C[Si](C)(C)OC1C2COc3cc(=O)n([Si](C)(C)C)c(=O)n3C(O2)C1O[Si](C)(C)C. The van der Waals surface area contributed by atoms with E-state index in [4.69, 9.17) is 18.3 Å². The molecule has 1 aromatic rings. The zero-order valence-electron chi connectivity index (χ0n) is 18.9. The van der Waals surface area contributed by atoms with Gasteiger partial charge in [-0.1, -0.05) is 19.6 Å². The maximum atomic E-state index is 13.4. The molecule has 1 saturated heterocycles. The lowest BCUT2D eigenvalue weighted by Gasteiger charge is -2.36. The molecule has 0 aromatic carbocycles. The molecule has 3 rings (SSSR count). The minimum Gasteiger partial charge on any atom is -0.476 e. The molecular weight excluding hydrogens is 424 g/mol. The smallest absolute Gasteiger partial charge is 0.327 e. The Hall–Kier alpha value is -0.989. The van der Waals surface area contributed by atoms with Crippen LogP contribution in [0, 0.1) is 0 Å². The first-order valence-electron chi connectivity index (χ1n) is 10.1. The second-order valence-electron chi connectivity index (χ2n) is 10.7. The Morgan fingerprint density at radius 2 is 1.48 bits per heavy atom. The highest BCUT2D eigenvalue weighted by atomic mass is 28.4. The van der Waals surface area contributed by atoms with Crippen LogP contribution < -0.4 is 16.0 Å². The lowest BCUT2D eigenvalue weighted by molar-refractivity contribution is -0.0300. The first kappa shape index (κ1) is 22.7. The van der Waals surface area contributed by atoms with Gasteiger partial charge in [-0.2, -0.15) is 0 Å². The number of ether oxygens (including phenoxy) is 2. The van der Waals surface area contributed by atoms with Crippen LogP contribution in [-0.4, -0.2) is 58.6 Å². The number of aromatic nitrogens is 2. The molecule has 8 nitrogen and oxygen atoms in total. The van der Waals surface area contributed by atoms with E-state index < -0.39 is 42.9 Å². The van der Waals surface area contributed by atoms with Gasteiger partial charge in [0.05, 0.1) is 6.07 Å². The quantitative estimate of drug-likeness (QED) is 0.631. The van der Waals surface area contributed by atoms with Gasteiger partial charge in [0.15, 0.2) is 31.1 Å². The molecule has 0 N–H and O–H groups in total. The first-order chi connectivity index (χ1) is 13.1. The van der Waals surface area contributed by atoms with Gasteiger partial charge in [-0.25, -0.2) is 9.36 Å². The zero-order chi connectivity index (χ0) is 21.9. The highest BCUT2D eigenvalue weighted by molar-refractivity contribution is 6.74. The Balaban J connectivity index is 2.17. The largest absolute Gasteiger partial charge is 0.476 e. The third kappa shape index (κ3) is 4.69. The molecule has 0 radical (unpaired) electrons. The van der Waals surface area contributed by atoms with Gasteiger partial charge < -0.3 is 18.3 Å². The summed E-state index contributed by atoms with van der Waals surface area (Å²) in [5, 5.41) is 0. The maximum Gasteiger partial charge on any atom is 0.327 e. The van der Waals surface area contributed by atoms with Gasteiger partial charge in [0.25, 0.3) is 5.56 Å². The second-order valence-corrected chi connectivity index (χ2v) is 24.5. The molecule has 4 unspecified atom stereocenters. The molecule has 3 heterocycles. The molecule has 0 aliphatic carbocycles. The average molecular weight is 459 g/mol. The van der Waals surface area contributed by atoms with Gasteiger partial charge in [-0.15, -0.1) is 0 Å². The van der Waals surface area contributed by atoms with Gasteiger partial charge in [-0.3, -0.25) is 9.03 Å². The lowest BCUT2D eigenvalue weighted by Crippen LogP contribution is -2.55. The van der Waals surface area contributed by atoms with Crippen LogP contribution in [0.3, 0.4) is 0 Å². The predicted octanol–water partition coefficient (Wildman–Crippen LogP) is 2.42. The van der Waals surface area contributed by atoms with Gasteiger partial charge >= 0.3 is 5.69 Å². The molecule has 2 aliphatic rings. The van der Waals surface area contributed by atoms with E-state index >= 15 is 0 Å². The summed E-state index contributed by atoms with van der Waals surface area (Å²) in [5.41, 5.74) is -0.717. The van der Waals surface area contributed by atoms with Crippen LogP contribution in [0.5, 0.6) is 5.88 Å². The Bertz CT molecular complexity index is 893. The maximum absolute atomic E-state index is 13.4. The fourth-order valence-corrected chi connectivity index (χ4v) is 7.38. The van der Waals surface area contributed by atoms with Crippen LogP contribution in [0.2, 0.25) is 58.9 Å². The topological polar surface area (TPSA) is 80.9 Å². The fourth-order valence-electron chi connectivity index (χ4n) is 3.80. The number of rotatable bonds is 5. The minimum absolute atomic E-state index is 0.215. The zero-order valence-corrected chi connectivity index (χ0v) is 21.9. The molecule has 2 bridgehead atoms. The van der Waals surface area contributed by atoms with Crippen molar-refractivity contribution < 1.29 is 18.3 Å². The average Bonchev–Trinajstić information content (AvgIpc) is 2.68. The standard InChI is InChI=1S/C18H34N2O6Si3/c1-27(2,3)20-13(21)10-14-19(18(20)22)17-16(26-29(7,8)9)15(25-28(4,5)6)12(24-17)11-23-14/h10,12,15-17H,11H2,1-9H3. The summed E-state index contributed by atoms with van der Waals surface area (Å²) in [5.74, 6) is 0.248. The van der Waals surface area contributed by atoms with E-state index in [-0.39, 0.29) is 30.3 Å². The van der Waals surface area contributed by atoms with Crippen molar-refractivity contribution in [1.29, 1.82) is 0 Å². The van der Waals surface area contributed by atoms with Gasteiger partial charge in [-0.05, 0) is 39.3 Å². The minimum atomic E-state index is -2.25. The van der Waals surface area contributed by atoms with Crippen molar-refractivity contribution in [1.82, 2.24) is 8.80 Å². The number of fused-ring (bicyclic) bond motifs is 4. The number of nitrogens with zero attached hydrogens (tertiary/aromatic N) is 2. The van der Waals surface area contributed by atoms with Gasteiger partial charge in [0.1, 0.15) is 24.9 Å². The molecule has 0 spiro atoms. The molecule has 164 valence electrons. The molecule has 2 aliphatic heterocycles. The number of hydrogen-bond acceptors (Lipinski definition) is 6. The van der Waals surface area contributed by atoms with Gasteiger partial charge in [0.2, 0.25) is 5.88 Å². The van der Waals surface area contributed by atoms with Crippen LogP contribution in [0.15, 0.2) is 15.7 Å².